The predicted octanol–water partition coefficient (Wildman–Crippen LogP) is 4.10. The van der Waals surface area contributed by atoms with Gasteiger partial charge in [0.2, 0.25) is 6.79 Å². The van der Waals surface area contributed by atoms with Crippen LogP contribution >= 0.6 is 11.6 Å². The summed E-state index contributed by atoms with van der Waals surface area (Å²) in [6.07, 6.45) is 1.58. The number of anilines is 1. The Morgan fingerprint density at radius 3 is 2.82 bits per heavy atom. The molecule has 6 nitrogen and oxygen atoms in total. The van der Waals surface area contributed by atoms with Crippen molar-refractivity contribution in [2.24, 2.45) is 0 Å². The van der Waals surface area contributed by atoms with Crippen LogP contribution in [0.4, 0.5) is 10.1 Å². The molecule has 8 heteroatoms. The number of carbonyl (C=O) groups is 2. The number of carbonyl (C=O) groups excluding carboxylic acids is 2. The molecule has 0 aromatic heterocycles. The molecule has 0 aliphatic carbocycles. The van der Waals surface area contributed by atoms with Crippen LogP contribution in [0.2, 0.25) is 5.02 Å². The van der Waals surface area contributed by atoms with Crippen LogP contribution in [-0.2, 0) is 14.3 Å². The molecule has 28 heavy (non-hydrogen) atoms. The van der Waals surface area contributed by atoms with E-state index in [2.05, 4.69) is 5.32 Å². The molecule has 0 spiro atoms. The normalized spacial score (nSPS) is 13.4. The topological polar surface area (TPSA) is 73.9 Å². The number of esters is 1. The second-order valence-electron chi connectivity index (χ2n) is 6.10. The Morgan fingerprint density at radius 1 is 1.29 bits per heavy atom. The van der Waals surface area contributed by atoms with Gasteiger partial charge in [0.15, 0.2) is 17.6 Å². The van der Waals surface area contributed by atoms with E-state index in [1.54, 1.807) is 31.2 Å². The van der Waals surface area contributed by atoms with Gasteiger partial charge in [-0.2, -0.15) is 0 Å². The molecule has 0 radical (unpaired) electrons. The largest absolute Gasteiger partial charge is 0.454 e. The fourth-order valence-corrected chi connectivity index (χ4v) is 2.70. The van der Waals surface area contributed by atoms with Crippen molar-refractivity contribution in [1.29, 1.82) is 0 Å². The second kappa shape index (κ2) is 8.31. The summed E-state index contributed by atoms with van der Waals surface area (Å²) in [5.41, 5.74) is 1.35. The Hall–Kier alpha value is -3.06. The molecule has 1 amide bonds. The number of halogens is 2. The van der Waals surface area contributed by atoms with Gasteiger partial charge in [0.05, 0.1) is 5.02 Å². The molecule has 1 aliphatic heterocycles. The molecule has 2 aromatic carbocycles. The number of fused-ring (bicyclic) bond motifs is 1. The lowest BCUT2D eigenvalue weighted by molar-refractivity contribution is -0.148. The summed E-state index contributed by atoms with van der Waals surface area (Å²) in [6.45, 7) is 3.12. The highest BCUT2D eigenvalue weighted by atomic mass is 35.5. The van der Waals surface area contributed by atoms with Gasteiger partial charge in [-0.15, -0.1) is 0 Å². The van der Waals surface area contributed by atoms with Crippen molar-refractivity contribution < 1.29 is 28.2 Å². The van der Waals surface area contributed by atoms with E-state index in [9.17, 15) is 14.0 Å². The van der Waals surface area contributed by atoms with Crippen LogP contribution in [0.5, 0.6) is 11.5 Å². The average Bonchev–Trinajstić information content (AvgIpc) is 3.12. The van der Waals surface area contributed by atoms with Gasteiger partial charge in [-0.3, -0.25) is 4.79 Å². The van der Waals surface area contributed by atoms with Crippen LogP contribution in [0.25, 0.3) is 6.08 Å². The molecule has 0 fully saturated rings. The lowest BCUT2D eigenvalue weighted by atomic mass is 10.2. The van der Waals surface area contributed by atoms with E-state index >= 15 is 0 Å². The summed E-state index contributed by atoms with van der Waals surface area (Å²) in [6, 6.07) is 7.58. The molecule has 0 bridgehead atoms. The third-order valence-corrected chi connectivity index (χ3v) is 4.24. The first kappa shape index (κ1) is 19.7. The molecular formula is C20H17ClFNO5. The molecule has 1 aliphatic rings. The minimum atomic E-state index is -1.07. The van der Waals surface area contributed by atoms with Crippen molar-refractivity contribution in [2.45, 2.75) is 20.0 Å². The molecular weight excluding hydrogens is 389 g/mol. The van der Waals surface area contributed by atoms with E-state index in [0.717, 1.165) is 0 Å². The number of nitrogens with one attached hydrogen (secondary N) is 1. The van der Waals surface area contributed by atoms with E-state index in [4.69, 9.17) is 25.8 Å². The summed E-state index contributed by atoms with van der Waals surface area (Å²) >= 11 is 6.08. The summed E-state index contributed by atoms with van der Waals surface area (Å²) in [4.78, 5) is 24.1. The Kier molecular flexibility index (Phi) is 5.84. The first-order valence-corrected chi connectivity index (χ1v) is 8.76. The highest BCUT2D eigenvalue weighted by Gasteiger charge is 2.19. The van der Waals surface area contributed by atoms with Crippen LogP contribution < -0.4 is 14.8 Å². The number of hydrogen-bond acceptors (Lipinski definition) is 5. The summed E-state index contributed by atoms with van der Waals surface area (Å²) < 4.78 is 29.1. The predicted molar refractivity (Wildman–Crippen MR) is 102 cm³/mol. The minimum Gasteiger partial charge on any atom is -0.454 e. The highest BCUT2D eigenvalue weighted by molar-refractivity contribution is 6.32. The van der Waals surface area contributed by atoms with Crippen LogP contribution in [-0.4, -0.2) is 24.8 Å². The maximum atomic E-state index is 13.5. The third-order valence-electron chi connectivity index (χ3n) is 3.96. The molecule has 2 aromatic rings. The molecule has 1 heterocycles. The fraction of sp³-hybridized carbons (Fsp3) is 0.200. The molecule has 3 rings (SSSR count). The van der Waals surface area contributed by atoms with E-state index in [0.29, 0.717) is 27.6 Å². The van der Waals surface area contributed by atoms with Crippen molar-refractivity contribution >= 4 is 35.2 Å². The van der Waals surface area contributed by atoms with Crippen LogP contribution in [0.1, 0.15) is 18.1 Å². The van der Waals surface area contributed by atoms with Crippen molar-refractivity contribution in [3.63, 3.8) is 0 Å². The van der Waals surface area contributed by atoms with Gasteiger partial charge in [-0.1, -0.05) is 17.7 Å². The van der Waals surface area contributed by atoms with Gasteiger partial charge in [0.25, 0.3) is 5.91 Å². The van der Waals surface area contributed by atoms with Gasteiger partial charge in [-0.25, -0.2) is 9.18 Å². The zero-order chi connectivity index (χ0) is 20.3. The molecule has 1 atom stereocenters. The summed E-state index contributed by atoms with van der Waals surface area (Å²) in [5.74, 6) is -0.784. The molecule has 0 saturated carbocycles. The molecule has 1 N–H and O–H groups in total. The van der Waals surface area contributed by atoms with Crippen molar-refractivity contribution in [1.82, 2.24) is 0 Å². The number of aryl methyl sites for hydroxylation is 1. The van der Waals surface area contributed by atoms with Crippen molar-refractivity contribution in [3.05, 3.63) is 58.4 Å². The first-order valence-electron chi connectivity index (χ1n) is 8.38. The van der Waals surface area contributed by atoms with Crippen LogP contribution in [0.15, 0.2) is 36.4 Å². The fourth-order valence-electron chi connectivity index (χ4n) is 2.43. The molecule has 0 saturated heterocycles. The minimum absolute atomic E-state index is 0.0851. The smallest absolute Gasteiger partial charge is 0.331 e. The zero-order valence-corrected chi connectivity index (χ0v) is 15.9. The molecule has 0 unspecified atom stereocenters. The number of benzene rings is 2. The lowest BCUT2D eigenvalue weighted by Crippen LogP contribution is -2.29. The summed E-state index contributed by atoms with van der Waals surface area (Å²) in [5, 5.41) is 2.86. The lowest BCUT2D eigenvalue weighted by Gasteiger charge is -2.12. The van der Waals surface area contributed by atoms with Crippen molar-refractivity contribution in [2.75, 3.05) is 12.1 Å². The van der Waals surface area contributed by atoms with Gasteiger partial charge >= 0.3 is 5.97 Å². The Labute approximate surface area is 165 Å². The number of hydrogen-bond donors (Lipinski definition) is 1. The Morgan fingerprint density at radius 2 is 2.07 bits per heavy atom. The number of ether oxygens (including phenoxy) is 3. The van der Waals surface area contributed by atoms with E-state index < -0.39 is 23.8 Å². The van der Waals surface area contributed by atoms with E-state index in [1.165, 1.54) is 25.1 Å². The summed E-state index contributed by atoms with van der Waals surface area (Å²) in [7, 11) is 0. The number of amides is 1. The first-order chi connectivity index (χ1) is 13.3. The van der Waals surface area contributed by atoms with E-state index in [1.807, 2.05) is 0 Å². The standard InChI is InChI=1S/C20H17ClFNO5/c1-11-3-5-14(9-16(11)22)23-20(25)12(2)28-18(24)6-4-13-7-15(21)19-17(8-13)26-10-27-19/h3-9,12H,10H2,1-2H3,(H,23,25)/b6-4+/t12-/m0/s1. The average molecular weight is 406 g/mol. The number of rotatable bonds is 5. The maximum Gasteiger partial charge on any atom is 0.331 e. The van der Waals surface area contributed by atoms with Gasteiger partial charge < -0.3 is 19.5 Å². The Bertz CT molecular complexity index is 960. The van der Waals surface area contributed by atoms with Gasteiger partial charge in [-0.05, 0) is 55.3 Å². The third kappa shape index (κ3) is 4.61. The zero-order valence-electron chi connectivity index (χ0n) is 15.1. The van der Waals surface area contributed by atoms with E-state index in [-0.39, 0.29) is 12.5 Å². The Balaban J connectivity index is 1.58. The van der Waals surface area contributed by atoms with Crippen LogP contribution in [0.3, 0.4) is 0 Å². The SMILES string of the molecule is Cc1ccc(NC(=O)[C@H](C)OC(=O)/C=C/c2cc(Cl)c3c(c2)OCO3)cc1F. The van der Waals surface area contributed by atoms with Gasteiger partial charge in [0, 0.05) is 11.8 Å². The quantitative estimate of drug-likeness (QED) is 0.599. The van der Waals surface area contributed by atoms with Gasteiger partial charge in [0.1, 0.15) is 5.82 Å². The second-order valence-corrected chi connectivity index (χ2v) is 6.51. The maximum absolute atomic E-state index is 13.5. The highest BCUT2D eigenvalue weighted by Crippen LogP contribution is 2.40. The molecule has 146 valence electrons. The monoisotopic (exact) mass is 405 g/mol. The van der Waals surface area contributed by atoms with Crippen molar-refractivity contribution in [3.8, 4) is 11.5 Å². The van der Waals surface area contributed by atoms with Crippen LogP contribution in [0, 0.1) is 12.7 Å².